The predicted octanol–water partition coefficient (Wildman–Crippen LogP) is 2.19. The molecular formula is C10H11ClN4. The third-order valence-corrected chi connectivity index (χ3v) is 2.70. The third kappa shape index (κ3) is 1.72. The van der Waals surface area contributed by atoms with Crippen LogP contribution in [0.4, 0.5) is 0 Å². The number of aromatic nitrogens is 4. The van der Waals surface area contributed by atoms with Crippen LogP contribution in [0.1, 0.15) is 18.2 Å². The van der Waals surface area contributed by atoms with E-state index in [1.165, 1.54) is 0 Å². The van der Waals surface area contributed by atoms with Crippen LogP contribution in [-0.2, 0) is 6.42 Å². The molecule has 0 unspecified atom stereocenters. The summed E-state index contributed by atoms with van der Waals surface area (Å²) in [5, 5.41) is 12.7. The zero-order valence-electron chi connectivity index (χ0n) is 8.61. The fraction of sp³-hybridized carbons (Fsp3) is 0.300. The van der Waals surface area contributed by atoms with Crippen molar-refractivity contribution in [1.82, 2.24) is 20.0 Å². The maximum absolute atomic E-state index is 6.16. The average molecular weight is 223 g/mol. The lowest BCUT2D eigenvalue weighted by Gasteiger charge is -1.99. The topological polar surface area (TPSA) is 43.6 Å². The summed E-state index contributed by atoms with van der Waals surface area (Å²) in [5.74, 6) is 0.644. The largest absolute Gasteiger partial charge is 0.201 e. The lowest BCUT2D eigenvalue weighted by molar-refractivity contribution is 0.792. The van der Waals surface area contributed by atoms with Crippen molar-refractivity contribution >= 4 is 11.6 Å². The van der Waals surface area contributed by atoms with Crippen LogP contribution in [-0.4, -0.2) is 20.0 Å². The highest BCUT2D eigenvalue weighted by Crippen LogP contribution is 2.21. The van der Waals surface area contributed by atoms with E-state index in [-0.39, 0.29) is 0 Å². The lowest BCUT2D eigenvalue weighted by Crippen LogP contribution is -2.00. The predicted molar refractivity (Wildman–Crippen MR) is 58.3 cm³/mol. The van der Waals surface area contributed by atoms with Crippen LogP contribution in [0.3, 0.4) is 0 Å². The molecule has 78 valence electrons. The van der Waals surface area contributed by atoms with Crippen molar-refractivity contribution in [3.63, 3.8) is 0 Å². The molecule has 0 saturated heterocycles. The van der Waals surface area contributed by atoms with E-state index in [1.54, 1.807) is 16.9 Å². The molecule has 2 aromatic heterocycles. The molecule has 4 nitrogen and oxygen atoms in total. The molecule has 15 heavy (non-hydrogen) atoms. The molecule has 0 aliphatic heterocycles. The first-order chi connectivity index (χ1) is 7.24. The molecule has 0 aliphatic carbocycles. The first-order valence-electron chi connectivity index (χ1n) is 4.76. The average Bonchev–Trinajstić information content (AvgIpc) is 2.57. The summed E-state index contributed by atoms with van der Waals surface area (Å²) in [6, 6.07) is 3.63. The van der Waals surface area contributed by atoms with Crippen molar-refractivity contribution in [2.75, 3.05) is 0 Å². The molecule has 0 saturated carbocycles. The molecule has 0 aliphatic rings. The first kappa shape index (κ1) is 10.1. The number of nitrogens with zero attached hydrogens (tertiary/aromatic N) is 4. The number of rotatable bonds is 2. The van der Waals surface area contributed by atoms with Gasteiger partial charge in [0.1, 0.15) is 5.15 Å². The summed E-state index contributed by atoms with van der Waals surface area (Å²) < 4.78 is 1.61. The molecule has 0 spiro atoms. The minimum Gasteiger partial charge on any atom is -0.201 e. The van der Waals surface area contributed by atoms with Crippen LogP contribution >= 0.6 is 11.6 Å². The standard InChI is InChI=1S/C10H11ClN4/c1-3-8-7(2)10(11)15(14-8)9-5-4-6-12-13-9/h4-6H,3H2,1-2H3. The van der Waals surface area contributed by atoms with Crippen LogP contribution in [0.5, 0.6) is 0 Å². The Hall–Kier alpha value is -1.42. The van der Waals surface area contributed by atoms with E-state index in [4.69, 9.17) is 11.6 Å². The van der Waals surface area contributed by atoms with Crippen molar-refractivity contribution in [3.8, 4) is 5.82 Å². The Morgan fingerprint density at radius 2 is 2.27 bits per heavy atom. The van der Waals surface area contributed by atoms with Gasteiger partial charge in [0.25, 0.3) is 0 Å². The van der Waals surface area contributed by atoms with Crippen molar-refractivity contribution in [2.24, 2.45) is 0 Å². The molecule has 0 aromatic carbocycles. The van der Waals surface area contributed by atoms with Crippen LogP contribution in [0.25, 0.3) is 5.82 Å². The zero-order valence-corrected chi connectivity index (χ0v) is 9.36. The highest BCUT2D eigenvalue weighted by molar-refractivity contribution is 6.30. The molecular weight excluding hydrogens is 212 g/mol. The Kier molecular flexibility index (Phi) is 2.68. The summed E-state index contributed by atoms with van der Waals surface area (Å²) in [7, 11) is 0. The van der Waals surface area contributed by atoms with Crippen LogP contribution in [0, 0.1) is 6.92 Å². The summed E-state index contributed by atoms with van der Waals surface area (Å²) in [6.45, 7) is 4.01. The van der Waals surface area contributed by atoms with E-state index in [9.17, 15) is 0 Å². The smallest absolute Gasteiger partial charge is 0.177 e. The second-order valence-electron chi connectivity index (χ2n) is 3.21. The molecule has 0 fully saturated rings. The quantitative estimate of drug-likeness (QED) is 0.783. The fourth-order valence-electron chi connectivity index (χ4n) is 1.41. The Balaban J connectivity index is 2.55. The van der Waals surface area contributed by atoms with Crippen molar-refractivity contribution in [3.05, 3.63) is 34.7 Å². The molecule has 0 N–H and O–H groups in total. The van der Waals surface area contributed by atoms with E-state index >= 15 is 0 Å². The molecule has 2 aromatic rings. The van der Waals surface area contributed by atoms with Crippen molar-refractivity contribution < 1.29 is 0 Å². The molecule has 0 atom stereocenters. The zero-order chi connectivity index (χ0) is 10.8. The van der Waals surface area contributed by atoms with Crippen molar-refractivity contribution in [2.45, 2.75) is 20.3 Å². The second kappa shape index (κ2) is 3.98. The SMILES string of the molecule is CCc1nn(-c2cccnn2)c(Cl)c1C. The maximum Gasteiger partial charge on any atom is 0.177 e. The van der Waals surface area contributed by atoms with Crippen LogP contribution in [0.2, 0.25) is 5.15 Å². The van der Waals surface area contributed by atoms with E-state index in [0.29, 0.717) is 11.0 Å². The van der Waals surface area contributed by atoms with Gasteiger partial charge >= 0.3 is 0 Å². The van der Waals surface area contributed by atoms with E-state index in [2.05, 4.69) is 15.3 Å². The number of halogens is 1. The number of aryl methyl sites for hydroxylation is 1. The molecule has 2 rings (SSSR count). The van der Waals surface area contributed by atoms with Gasteiger partial charge < -0.3 is 0 Å². The molecule has 0 bridgehead atoms. The summed E-state index contributed by atoms with van der Waals surface area (Å²) in [4.78, 5) is 0. The summed E-state index contributed by atoms with van der Waals surface area (Å²) >= 11 is 6.16. The minimum atomic E-state index is 0.604. The van der Waals surface area contributed by atoms with Gasteiger partial charge in [0.15, 0.2) is 5.82 Å². The maximum atomic E-state index is 6.16. The molecule has 0 amide bonds. The highest BCUT2D eigenvalue weighted by atomic mass is 35.5. The molecule has 2 heterocycles. The van der Waals surface area contributed by atoms with E-state index in [1.807, 2.05) is 19.9 Å². The molecule has 0 radical (unpaired) electrons. The Labute approximate surface area is 92.9 Å². The van der Waals surface area contributed by atoms with Crippen LogP contribution < -0.4 is 0 Å². The van der Waals surface area contributed by atoms with Gasteiger partial charge in [-0.05, 0) is 25.5 Å². The first-order valence-corrected chi connectivity index (χ1v) is 5.14. The van der Waals surface area contributed by atoms with Gasteiger partial charge in [-0.3, -0.25) is 0 Å². The van der Waals surface area contributed by atoms with E-state index in [0.717, 1.165) is 17.7 Å². The van der Waals surface area contributed by atoms with E-state index < -0.39 is 0 Å². The number of hydrogen-bond acceptors (Lipinski definition) is 3. The monoisotopic (exact) mass is 222 g/mol. The van der Waals surface area contributed by atoms with Gasteiger partial charge in [-0.15, -0.1) is 5.10 Å². The number of hydrogen-bond donors (Lipinski definition) is 0. The lowest BCUT2D eigenvalue weighted by atomic mass is 10.2. The Morgan fingerprint density at radius 1 is 1.47 bits per heavy atom. The minimum absolute atomic E-state index is 0.604. The third-order valence-electron chi connectivity index (χ3n) is 2.26. The Morgan fingerprint density at radius 3 is 2.80 bits per heavy atom. The molecule has 5 heteroatoms. The van der Waals surface area contributed by atoms with Gasteiger partial charge in [-0.25, -0.2) is 4.68 Å². The van der Waals surface area contributed by atoms with Gasteiger partial charge in [0.05, 0.1) is 5.69 Å². The van der Waals surface area contributed by atoms with Gasteiger partial charge in [0, 0.05) is 11.8 Å². The van der Waals surface area contributed by atoms with Gasteiger partial charge in [0.2, 0.25) is 0 Å². The highest BCUT2D eigenvalue weighted by Gasteiger charge is 2.12. The van der Waals surface area contributed by atoms with Gasteiger partial charge in [-0.1, -0.05) is 18.5 Å². The second-order valence-corrected chi connectivity index (χ2v) is 3.57. The van der Waals surface area contributed by atoms with Crippen LogP contribution in [0.15, 0.2) is 18.3 Å². The fourth-order valence-corrected chi connectivity index (χ4v) is 1.65. The Bertz CT molecular complexity index is 464. The van der Waals surface area contributed by atoms with Crippen molar-refractivity contribution in [1.29, 1.82) is 0 Å². The van der Waals surface area contributed by atoms with Gasteiger partial charge in [-0.2, -0.15) is 10.2 Å². The summed E-state index contributed by atoms with van der Waals surface area (Å²) in [6.07, 6.45) is 2.48. The normalized spacial score (nSPS) is 10.6. The summed E-state index contributed by atoms with van der Waals surface area (Å²) in [5.41, 5.74) is 2.00.